The normalized spacial score (nSPS) is 12.2. The van der Waals surface area contributed by atoms with Gasteiger partial charge in [-0.15, -0.1) is 0 Å². The molecule has 0 aromatic rings. The van der Waals surface area contributed by atoms with E-state index < -0.39 is 134 Å². The van der Waals surface area contributed by atoms with Crippen molar-refractivity contribution in [3.63, 3.8) is 0 Å². The summed E-state index contributed by atoms with van der Waals surface area (Å²) in [5.74, 6) is -16.5. The van der Waals surface area contributed by atoms with E-state index in [-0.39, 0.29) is 134 Å². The van der Waals surface area contributed by atoms with Gasteiger partial charge in [0.25, 0.3) is 0 Å². The Morgan fingerprint density at radius 3 is 1.31 bits per heavy atom. The second-order valence-corrected chi connectivity index (χ2v) is 17.8. The van der Waals surface area contributed by atoms with Crippen molar-refractivity contribution in [2.75, 3.05) is 92.4 Å². The number of aliphatic carboxylic acids is 6. The number of carboxylic acid groups (broad SMARTS) is 6. The van der Waals surface area contributed by atoms with Crippen LogP contribution in [0.15, 0.2) is 0 Å². The summed E-state index contributed by atoms with van der Waals surface area (Å²) in [5.41, 5.74) is 0. The molecule has 0 aromatic heterocycles. The summed E-state index contributed by atoms with van der Waals surface area (Å²) in [6.07, 6.45) is -4.66. The van der Waals surface area contributed by atoms with Crippen LogP contribution < -0.4 is 16.0 Å². The molecule has 0 saturated heterocycles. The SMILES string of the molecule is CC(=O)CCOCCOCCNC(=O)CCC(CC(=O)CC(=O)CC(CCC(=O)O)C(=O)O)C(=O)O.CC(=O)COCCOCCNC(=O)COCCOCCCC(=O)CCC(NC(=O)CC(=O)CC(CC(=O)O)C(=O)O)C(=O)O. The minimum Gasteiger partial charge on any atom is -0.481 e. The lowest BCUT2D eigenvalue weighted by Crippen LogP contribution is -2.42. The molecule has 80 heavy (non-hydrogen) atoms. The summed E-state index contributed by atoms with van der Waals surface area (Å²) in [4.78, 5) is 172. The van der Waals surface area contributed by atoms with E-state index in [9.17, 15) is 82.1 Å². The van der Waals surface area contributed by atoms with Crippen molar-refractivity contribution in [1.29, 1.82) is 0 Å². The van der Waals surface area contributed by atoms with Crippen molar-refractivity contribution >= 4 is 88.2 Å². The summed E-state index contributed by atoms with van der Waals surface area (Å²) in [6, 6.07) is -1.45. The molecule has 0 rings (SSSR count). The molecule has 3 amide bonds. The highest BCUT2D eigenvalue weighted by atomic mass is 16.5. The fourth-order valence-corrected chi connectivity index (χ4v) is 6.45. The number of rotatable bonds is 52. The Bertz CT molecular complexity index is 2030. The number of ketones is 6. The highest BCUT2D eigenvalue weighted by molar-refractivity contribution is 6.01. The molecule has 0 radical (unpaired) electrons. The Hall–Kier alpha value is -6.99. The number of carbonyl (C=O) groups excluding carboxylic acids is 9. The largest absolute Gasteiger partial charge is 0.481 e. The van der Waals surface area contributed by atoms with E-state index >= 15 is 0 Å². The van der Waals surface area contributed by atoms with E-state index in [1.807, 2.05) is 0 Å². The third kappa shape index (κ3) is 47.0. The first kappa shape index (κ1) is 75.1. The number of carbonyl (C=O) groups is 15. The van der Waals surface area contributed by atoms with Crippen LogP contribution in [0.5, 0.6) is 0 Å². The predicted octanol–water partition coefficient (Wildman–Crippen LogP) is -0.548. The highest BCUT2D eigenvalue weighted by Crippen LogP contribution is 2.18. The van der Waals surface area contributed by atoms with Crippen LogP contribution in [-0.2, 0) is 100 Å². The van der Waals surface area contributed by atoms with Crippen LogP contribution in [0, 0.1) is 17.8 Å². The number of amides is 3. The molecule has 30 nitrogen and oxygen atoms in total. The summed E-state index contributed by atoms with van der Waals surface area (Å²) < 4.78 is 31.2. The first-order valence-electron chi connectivity index (χ1n) is 25.4. The maximum Gasteiger partial charge on any atom is 0.326 e. The quantitative estimate of drug-likeness (QED) is 0.0273. The number of nitrogens with one attached hydrogen (secondary N) is 3. The van der Waals surface area contributed by atoms with Crippen LogP contribution in [0.2, 0.25) is 0 Å². The molecule has 0 spiro atoms. The third-order valence-corrected chi connectivity index (χ3v) is 10.5. The molecular weight excluding hydrogens is 1070 g/mol. The third-order valence-electron chi connectivity index (χ3n) is 10.5. The Balaban J connectivity index is 0. The first-order chi connectivity index (χ1) is 37.7. The molecule has 9 N–H and O–H groups in total. The molecule has 0 aliphatic rings. The lowest BCUT2D eigenvalue weighted by Gasteiger charge is -2.14. The van der Waals surface area contributed by atoms with Crippen molar-refractivity contribution in [1.82, 2.24) is 16.0 Å². The number of carboxylic acids is 6. The van der Waals surface area contributed by atoms with E-state index in [2.05, 4.69) is 16.0 Å². The molecule has 4 unspecified atom stereocenters. The van der Waals surface area contributed by atoms with Gasteiger partial charge in [-0.05, 0) is 39.5 Å². The van der Waals surface area contributed by atoms with Gasteiger partial charge in [-0.1, -0.05) is 0 Å². The van der Waals surface area contributed by atoms with Gasteiger partial charge < -0.3 is 75.0 Å². The van der Waals surface area contributed by atoms with Crippen LogP contribution in [0.25, 0.3) is 0 Å². The fourth-order valence-electron chi connectivity index (χ4n) is 6.45. The second-order valence-electron chi connectivity index (χ2n) is 17.8. The van der Waals surface area contributed by atoms with Gasteiger partial charge in [0.2, 0.25) is 17.7 Å². The summed E-state index contributed by atoms with van der Waals surface area (Å²) in [7, 11) is 0. The smallest absolute Gasteiger partial charge is 0.326 e. The first-order valence-corrected chi connectivity index (χ1v) is 25.4. The Morgan fingerprint density at radius 2 is 0.825 bits per heavy atom. The van der Waals surface area contributed by atoms with Crippen molar-refractivity contribution in [2.45, 2.75) is 116 Å². The van der Waals surface area contributed by atoms with E-state index in [0.29, 0.717) is 32.7 Å². The standard InChI is InChI=1S/C27H42N2O15.C23H35NO12/c1-18(30)16-43-11-10-42-8-6-28-24(34)17-44-12-9-41-7-2-3-20(31)4-5-22(27(39)40)29-23(33)15-21(32)13-19(26(37)38)14-25(35)36;1-15(25)6-8-35-10-11-36-9-7-24-20(28)4-2-16(22(31)32)12-18(26)14-19(27)13-17(23(33)34)3-5-21(29)30/h19,22H,2-17H2,1H3,(H,28,34)(H,29,33)(H,35,36)(H,37,38)(H,39,40);16-17H,2-14H2,1H3,(H,24,28)(H,29,30)(H,31,32)(H,33,34). The lowest BCUT2D eigenvalue weighted by atomic mass is 9.91. The van der Waals surface area contributed by atoms with Gasteiger partial charge in [0.1, 0.15) is 48.2 Å². The molecule has 0 aliphatic carbocycles. The average molecular weight is 1150 g/mol. The zero-order chi connectivity index (χ0) is 60.8. The number of ether oxygens (including phenoxy) is 6. The average Bonchev–Trinajstić information content (AvgIpc) is 3.35. The van der Waals surface area contributed by atoms with E-state index in [1.165, 1.54) is 13.8 Å². The van der Waals surface area contributed by atoms with Crippen molar-refractivity contribution in [3.05, 3.63) is 0 Å². The molecule has 0 aromatic carbocycles. The summed E-state index contributed by atoms with van der Waals surface area (Å²) in [6.45, 7) is 5.70. The van der Waals surface area contributed by atoms with Gasteiger partial charge in [0, 0.05) is 71.1 Å². The Kier molecular flexibility index (Phi) is 44.0. The molecular formula is C50H77N3O27. The highest BCUT2D eigenvalue weighted by Gasteiger charge is 2.29. The molecule has 454 valence electrons. The van der Waals surface area contributed by atoms with Crippen molar-refractivity contribution in [2.24, 2.45) is 17.8 Å². The van der Waals surface area contributed by atoms with Gasteiger partial charge in [0.05, 0.1) is 96.5 Å². The van der Waals surface area contributed by atoms with Crippen LogP contribution in [0.1, 0.15) is 110 Å². The zero-order valence-corrected chi connectivity index (χ0v) is 45.1. The molecule has 0 heterocycles. The minimum atomic E-state index is -1.52. The summed E-state index contributed by atoms with van der Waals surface area (Å²) >= 11 is 0. The predicted molar refractivity (Wildman–Crippen MR) is 270 cm³/mol. The second kappa shape index (κ2) is 46.9. The van der Waals surface area contributed by atoms with Crippen LogP contribution >= 0.6 is 0 Å². The fraction of sp³-hybridized carbons (Fsp3) is 0.700. The maximum atomic E-state index is 12.1. The molecule has 30 heteroatoms. The molecule has 0 saturated carbocycles. The minimum absolute atomic E-state index is 0.0282. The Morgan fingerprint density at radius 1 is 0.362 bits per heavy atom. The van der Waals surface area contributed by atoms with Gasteiger partial charge >= 0.3 is 35.8 Å². The topological polar surface area (TPSA) is 469 Å². The van der Waals surface area contributed by atoms with Crippen LogP contribution in [0.4, 0.5) is 0 Å². The molecule has 0 aliphatic heterocycles. The molecule has 4 atom stereocenters. The van der Waals surface area contributed by atoms with E-state index in [4.69, 9.17) is 48.8 Å². The number of hydrogen-bond donors (Lipinski definition) is 9. The van der Waals surface area contributed by atoms with Crippen molar-refractivity contribution < 1.29 is 131 Å². The van der Waals surface area contributed by atoms with Gasteiger partial charge in [0.15, 0.2) is 5.78 Å². The monoisotopic (exact) mass is 1150 g/mol. The van der Waals surface area contributed by atoms with Crippen molar-refractivity contribution in [3.8, 4) is 0 Å². The molecule has 0 bridgehead atoms. The summed E-state index contributed by atoms with van der Waals surface area (Å²) in [5, 5.41) is 61.3. The van der Waals surface area contributed by atoms with E-state index in [1.54, 1.807) is 0 Å². The van der Waals surface area contributed by atoms with Gasteiger partial charge in [-0.25, -0.2) is 4.79 Å². The van der Waals surface area contributed by atoms with Gasteiger partial charge in [-0.3, -0.25) is 67.1 Å². The van der Waals surface area contributed by atoms with Gasteiger partial charge in [-0.2, -0.15) is 0 Å². The molecule has 0 fully saturated rings. The zero-order valence-electron chi connectivity index (χ0n) is 45.1. The van der Waals surface area contributed by atoms with E-state index in [0.717, 1.165) is 0 Å². The van der Waals surface area contributed by atoms with Crippen LogP contribution in [0.3, 0.4) is 0 Å². The Labute approximate surface area is 460 Å². The maximum absolute atomic E-state index is 12.1. The number of Topliss-reactive ketones (excluding diaryl/α,β-unsaturated/α-hetero) is 6. The number of hydrogen-bond acceptors (Lipinski definition) is 21. The van der Waals surface area contributed by atoms with Crippen LogP contribution in [-0.4, -0.2) is 217 Å². The lowest BCUT2D eigenvalue weighted by molar-refractivity contribution is -0.149.